The topological polar surface area (TPSA) is 0 Å². The lowest BCUT2D eigenvalue weighted by Crippen LogP contribution is -1.98. The first-order valence-electron chi connectivity index (χ1n) is 4.02. The molecule has 9 heavy (non-hydrogen) atoms. The van der Waals surface area contributed by atoms with Gasteiger partial charge in [0.15, 0.2) is 0 Å². The van der Waals surface area contributed by atoms with Crippen LogP contribution >= 0.6 is 0 Å². The summed E-state index contributed by atoms with van der Waals surface area (Å²) >= 11 is 0. The average molecular weight is 127 g/mol. The summed E-state index contributed by atoms with van der Waals surface area (Å²) in [6.45, 7) is 9.07. The van der Waals surface area contributed by atoms with Crippen LogP contribution in [0, 0.1) is 11.8 Å². The molecule has 0 aliphatic carbocycles. The highest BCUT2D eigenvalue weighted by atomic mass is 14.1. The minimum absolute atomic E-state index is 0.893. The lowest BCUT2D eigenvalue weighted by atomic mass is 9.94. The van der Waals surface area contributed by atoms with Gasteiger partial charge in [0.2, 0.25) is 0 Å². The minimum atomic E-state index is 0.893. The van der Waals surface area contributed by atoms with Crippen molar-refractivity contribution in [3.8, 4) is 0 Å². The van der Waals surface area contributed by atoms with Crippen LogP contribution in [0.4, 0.5) is 0 Å². The predicted molar refractivity (Wildman–Crippen MR) is 43.3 cm³/mol. The van der Waals surface area contributed by atoms with Crippen LogP contribution in [0.3, 0.4) is 0 Å². The molecule has 0 fully saturated rings. The van der Waals surface area contributed by atoms with Crippen LogP contribution < -0.4 is 0 Å². The second kappa shape index (κ2) is 4.84. The monoisotopic (exact) mass is 127 g/mol. The van der Waals surface area contributed by atoms with Crippen LogP contribution in [0.1, 0.15) is 47.0 Å². The molecular weight excluding hydrogens is 108 g/mol. The van der Waals surface area contributed by atoms with Crippen LogP contribution in [0.25, 0.3) is 0 Å². The molecule has 0 heterocycles. The van der Waals surface area contributed by atoms with Crippen molar-refractivity contribution < 1.29 is 0 Å². The molecule has 0 spiro atoms. The Balaban J connectivity index is 3.22. The number of hydrogen-bond donors (Lipinski definition) is 0. The lowest BCUT2D eigenvalue weighted by Gasteiger charge is -2.25. The van der Waals surface area contributed by atoms with Gasteiger partial charge in [-0.1, -0.05) is 33.1 Å². The van der Waals surface area contributed by atoms with E-state index in [1.165, 1.54) is 19.3 Å². The molecule has 0 rings (SSSR count). The Bertz CT molecular complexity index is 49.1. The third-order valence-corrected chi connectivity index (χ3v) is 2.00. The molecule has 1 unspecified atom stereocenters. The quantitative estimate of drug-likeness (QED) is 0.507. The van der Waals surface area contributed by atoms with Gasteiger partial charge in [0.1, 0.15) is 0 Å². The first-order valence-corrected chi connectivity index (χ1v) is 4.02. The van der Waals surface area contributed by atoms with Crippen molar-refractivity contribution in [1.82, 2.24) is 0 Å². The molecule has 0 aromatic heterocycles. The summed E-state index contributed by atoms with van der Waals surface area (Å²) in [5, 5.41) is 0. The summed E-state index contributed by atoms with van der Waals surface area (Å²) in [6, 6.07) is 0. The molecule has 0 aromatic rings. The molecule has 0 aliphatic heterocycles. The van der Waals surface area contributed by atoms with Crippen molar-refractivity contribution in [3.63, 3.8) is 0 Å². The molecule has 0 aliphatic rings. The first-order chi connectivity index (χ1) is 4.20. The van der Waals surface area contributed by atoms with E-state index in [0.717, 1.165) is 5.92 Å². The third-order valence-electron chi connectivity index (χ3n) is 2.00. The van der Waals surface area contributed by atoms with Gasteiger partial charge in [0.05, 0.1) is 0 Å². The van der Waals surface area contributed by atoms with E-state index in [4.69, 9.17) is 0 Å². The Morgan fingerprint density at radius 1 is 1.33 bits per heavy atom. The minimum Gasteiger partial charge on any atom is -0.317 e. The molecule has 0 saturated carbocycles. The Morgan fingerprint density at radius 3 is 2.22 bits per heavy atom. The predicted octanol–water partition coefficient (Wildman–Crippen LogP) is 3.43. The van der Waals surface area contributed by atoms with Crippen molar-refractivity contribution in [2.75, 3.05) is 0 Å². The molecule has 1 atom stereocenters. The summed E-state index contributed by atoms with van der Waals surface area (Å²) in [4.78, 5) is 0. The molecule has 0 radical (unpaired) electrons. The Hall–Kier alpha value is 0. The van der Waals surface area contributed by atoms with Crippen molar-refractivity contribution in [2.24, 2.45) is 5.92 Å². The second-order valence-electron chi connectivity index (χ2n) is 3.03. The van der Waals surface area contributed by atoms with Crippen molar-refractivity contribution >= 4 is 0 Å². The van der Waals surface area contributed by atoms with Gasteiger partial charge in [-0.2, -0.15) is 19.8 Å². The molecule has 0 saturated heterocycles. The Labute approximate surface area is 59.7 Å². The zero-order chi connectivity index (χ0) is 7.28. The van der Waals surface area contributed by atoms with Gasteiger partial charge in [-0.15, -0.1) is 0 Å². The molecular formula is C9H19-. The standard InChI is InChI=1S/C9H19/c1-5-8(3)7-9(4)6-2/h8H,5-7H2,1-4H3/q-1. The molecule has 56 valence electrons. The summed E-state index contributed by atoms with van der Waals surface area (Å²) in [7, 11) is 0. The van der Waals surface area contributed by atoms with Crippen LogP contribution in [-0.4, -0.2) is 0 Å². The molecule has 0 N–H and O–H groups in total. The van der Waals surface area contributed by atoms with E-state index < -0.39 is 0 Å². The third kappa shape index (κ3) is 4.50. The van der Waals surface area contributed by atoms with Gasteiger partial charge in [-0.05, 0) is 0 Å². The maximum absolute atomic E-state index is 2.32. The maximum Gasteiger partial charge on any atom is -0.0560 e. The summed E-state index contributed by atoms with van der Waals surface area (Å²) < 4.78 is 0. The highest BCUT2D eigenvalue weighted by Gasteiger charge is 1.93. The molecule has 0 aromatic carbocycles. The summed E-state index contributed by atoms with van der Waals surface area (Å²) in [5.41, 5.74) is 0. The Morgan fingerprint density at radius 2 is 1.89 bits per heavy atom. The fourth-order valence-electron chi connectivity index (χ4n) is 0.884. The van der Waals surface area contributed by atoms with Crippen LogP contribution in [0.2, 0.25) is 0 Å². The van der Waals surface area contributed by atoms with Gasteiger partial charge in [-0.25, -0.2) is 0 Å². The van der Waals surface area contributed by atoms with E-state index in [0.29, 0.717) is 0 Å². The van der Waals surface area contributed by atoms with Gasteiger partial charge >= 0.3 is 0 Å². The van der Waals surface area contributed by atoms with E-state index in [9.17, 15) is 0 Å². The SMILES string of the molecule is CC[C-](C)CC(C)CC. The molecule has 0 bridgehead atoms. The molecule has 0 amide bonds. The first kappa shape index (κ1) is 9.00. The van der Waals surface area contributed by atoms with Gasteiger partial charge in [0.25, 0.3) is 0 Å². The fraction of sp³-hybridized carbons (Fsp3) is 0.889. The largest absolute Gasteiger partial charge is 0.317 e. The fourth-order valence-corrected chi connectivity index (χ4v) is 0.884. The van der Waals surface area contributed by atoms with Gasteiger partial charge < -0.3 is 5.92 Å². The van der Waals surface area contributed by atoms with Crippen LogP contribution in [0.5, 0.6) is 0 Å². The average Bonchev–Trinajstić information content (AvgIpc) is 1.87. The number of rotatable bonds is 4. The lowest BCUT2D eigenvalue weighted by molar-refractivity contribution is 0.515. The second-order valence-corrected chi connectivity index (χ2v) is 3.03. The van der Waals surface area contributed by atoms with E-state index in [2.05, 4.69) is 27.7 Å². The molecule has 0 nitrogen and oxygen atoms in total. The zero-order valence-electron chi connectivity index (χ0n) is 7.20. The highest BCUT2D eigenvalue weighted by molar-refractivity contribution is 4.83. The Kier molecular flexibility index (Phi) is 4.84. The van der Waals surface area contributed by atoms with E-state index in [1.54, 1.807) is 5.92 Å². The van der Waals surface area contributed by atoms with Crippen molar-refractivity contribution in [3.05, 3.63) is 5.92 Å². The van der Waals surface area contributed by atoms with E-state index in [-0.39, 0.29) is 0 Å². The van der Waals surface area contributed by atoms with Crippen LogP contribution in [0.15, 0.2) is 0 Å². The van der Waals surface area contributed by atoms with Crippen LogP contribution in [-0.2, 0) is 0 Å². The summed E-state index contributed by atoms with van der Waals surface area (Å²) in [6.07, 6.45) is 3.90. The smallest absolute Gasteiger partial charge is 0.0560 e. The van der Waals surface area contributed by atoms with Crippen molar-refractivity contribution in [2.45, 2.75) is 47.0 Å². The normalized spacial score (nSPS) is 14.3. The van der Waals surface area contributed by atoms with E-state index >= 15 is 0 Å². The maximum atomic E-state index is 2.32. The number of hydrogen-bond acceptors (Lipinski definition) is 0. The zero-order valence-corrected chi connectivity index (χ0v) is 7.20. The summed E-state index contributed by atoms with van der Waals surface area (Å²) in [5.74, 6) is 2.54. The van der Waals surface area contributed by atoms with Crippen molar-refractivity contribution in [1.29, 1.82) is 0 Å². The molecule has 0 heteroatoms. The van der Waals surface area contributed by atoms with Gasteiger partial charge in [-0.3, -0.25) is 0 Å². The van der Waals surface area contributed by atoms with E-state index in [1.807, 2.05) is 0 Å². The highest BCUT2D eigenvalue weighted by Crippen LogP contribution is 2.18. The van der Waals surface area contributed by atoms with Gasteiger partial charge in [0, 0.05) is 0 Å².